The minimum atomic E-state index is -0.176. The molecule has 94 valence electrons. The summed E-state index contributed by atoms with van der Waals surface area (Å²) in [4.78, 5) is 29.8. The molecule has 0 atom stereocenters. The van der Waals surface area contributed by atoms with E-state index < -0.39 is 0 Å². The van der Waals surface area contributed by atoms with Crippen molar-refractivity contribution in [3.8, 4) is 10.7 Å². The number of hydrogen-bond acceptors (Lipinski definition) is 4. The number of nitrogens with one attached hydrogen (secondary N) is 1. The Hall–Kier alpha value is -1.75. The van der Waals surface area contributed by atoms with Crippen LogP contribution < -0.4 is 0 Å². The van der Waals surface area contributed by atoms with Crippen LogP contribution in [0.4, 0.5) is 0 Å². The summed E-state index contributed by atoms with van der Waals surface area (Å²) in [5, 5.41) is 0.732. The van der Waals surface area contributed by atoms with Crippen molar-refractivity contribution in [2.24, 2.45) is 0 Å². The largest absolute Gasteiger partial charge is 0.350 e. The van der Waals surface area contributed by atoms with Crippen LogP contribution in [-0.4, -0.2) is 22.5 Å². The van der Waals surface area contributed by atoms with Crippen LogP contribution in [0, 0.1) is 0 Å². The van der Waals surface area contributed by atoms with Gasteiger partial charge in [-0.05, 0) is 12.1 Å². The molecule has 0 fully saturated rings. The third kappa shape index (κ3) is 2.26. The van der Waals surface area contributed by atoms with Gasteiger partial charge in [-0.25, -0.2) is 4.98 Å². The normalized spacial score (nSPS) is 11.5. The first-order valence-corrected chi connectivity index (χ1v) is 6.38. The van der Waals surface area contributed by atoms with E-state index in [1.807, 2.05) is 20.8 Å². The first-order valence-electron chi connectivity index (χ1n) is 5.56. The van der Waals surface area contributed by atoms with Gasteiger partial charge in [-0.3, -0.25) is 9.59 Å². The summed E-state index contributed by atoms with van der Waals surface area (Å²) < 4.78 is 0. The van der Waals surface area contributed by atoms with Crippen molar-refractivity contribution in [1.29, 1.82) is 0 Å². The maximum absolute atomic E-state index is 11.1. The molecule has 4 nitrogen and oxygen atoms in total. The van der Waals surface area contributed by atoms with E-state index in [9.17, 15) is 9.59 Å². The molecule has 1 N–H and O–H groups in total. The van der Waals surface area contributed by atoms with Gasteiger partial charge in [0.05, 0.1) is 22.0 Å². The van der Waals surface area contributed by atoms with Crippen LogP contribution in [0.25, 0.3) is 10.7 Å². The zero-order chi connectivity index (χ0) is 13.3. The highest BCUT2D eigenvalue weighted by atomic mass is 32.1. The molecule has 0 aromatic carbocycles. The molecule has 0 aliphatic heterocycles. The number of aldehydes is 2. The van der Waals surface area contributed by atoms with E-state index in [1.54, 1.807) is 12.1 Å². The Balaban J connectivity index is 2.50. The van der Waals surface area contributed by atoms with Gasteiger partial charge in [0.15, 0.2) is 12.6 Å². The van der Waals surface area contributed by atoms with Crippen LogP contribution >= 0.6 is 11.3 Å². The van der Waals surface area contributed by atoms with Gasteiger partial charge >= 0.3 is 0 Å². The number of aromatic nitrogens is 2. The quantitative estimate of drug-likeness (QED) is 0.865. The third-order valence-corrected chi connectivity index (χ3v) is 3.55. The van der Waals surface area contributed by atoms with E-state index in [-0.39, 0.29) is 5.41 Å². The lowest BCUT2D eigenvalue weighted by Crippen LogP contribution is -2.13. The van der Waals surface area contributed by atoms with Crippen molar-refractivity contribution < 1.29 is 9.59 Å². The Morgan fingerprint density at radius 1 is 1.22 bits per heavy atom. The summed E-state index contributed by atoms with van der Waals surface area (Å²) in [5.41, 5.74) is 1.89. The molecular weight excluding hydrogens is 248 g/mol. The van der Waals surface area contributed by atoms with Crippen LogP contribution in [0.5, 0.6) is 0 Å². The van der Waals surface area contributed by atoms with Crippen molar-refractivity contribution in [2.75, 3.05) is 0 Å². The molecule has 5 heteroatoms. The van der Waals surface area contributed by atoms with Gasteiger partial charge in [-0.15, -0.1) is 11.3 Å². The molecule has 0 radical (unpaired) electrons. The van der Waals surface area contributed by atoms with E-state index in [0.717, 1.165) is 29.0 Å². The molecule has 0 aliphatic carbocycles. The monoisotopic (exact) mass is 262 g/mol. The first kappa shape index (κ1) is 12.7. The van der Waals surface area contributed by atoms with Gasteiger partial charge in [0.1, 0.15) is 5.01 Å². The molecule has 18 heavy (non-hydrogen) atoms. The van der Waals surface area contributed by atoms with Gasteiger partial charge in [0.25, 0.3) is 0 Å². The van der Waals surface area contributed by atoms with Crippen molar-refractivity contribution >= 4 is 23.9 Å². The van der Waals surface area contributed by atoms with Crippen molar-refractivity contribution in [3.63, 3.8) is 0 Å². The average Bonchev–Trinajstić information content (AvgIpc) is 2.94. The molecule has 0 saturated heterocycles. The molecule has 0 spiro atoms. The third-order valence-electron chi connectivity index (χ3n) is 2.54. The zero-order valence-electron chi connectivity index (χ0n) is 10.5. The number of aromatic amines is 1. The van der Waals surface area contributed by atoms with Crippen LogP contribution in [-0.2, 0) is 5.41 Å². The highest BCUT2D eigenvalue weighted by molar-refractivity contribution is 7.16. The van der Waals surface area contributed by atoms with Crippen LogP contribution in [0.3, 0.4) is 0 Å². The smallest absolute Gasteiger partial charge is 0.166 e. The SMILES string of the molecule is CC(C)(C)c1nc(-c2ccc(C=O)[nH]2)sc1C=O. The second-order valence-corrected chi connectivity index (χ2v) is 6.08. The van der Waals surface area contributed by atoms with Crippen LogP contribution in [0.15, 0.2) is 12.1 Å². The van der Waals surface area contributed by atoms with E-state index in [2.05, 4.69) is 9.97 Å². The molecule has 2 aromatic rings. The Kier molecular flexibility index (Phi) is 3.17. The number of nitrogens with zero attached hydrogens (tertiary/aromatic N) is 1. The minimum absolute atomic E-state index is 0.176. The number of H-pyrrole nitrogens is 1. The predicted octanol–water partition coefficient (Wildman–Crippen LogP) is 3.06. The lowest BCUT2D eigenvalue weighted by Gasteiger charge is -2.15. The van der Waals surface area contributed by atoms with Gasteiger partial charge in [0.2, 0.25) is 0 Å². The number of carbonyl (C=O) groups is 2. The molecule has 0 amide bonds. The first-order chi connectivity index (χ1) is 8.45. The number of thiazole rings is 1. The molecule has 0 saturated carbocycles. The summed E-state index contributed by atoms with van der Waals surface area (Å²) in [6.45, 7) is 6.05. The minimum Gasteiger partial charge on any atom is -0.350 e. The number of rotatable bonds is 3. The molecule has 2 rings (SSSR count). The molecule has 2 heterocycles. The van der Waals surface area contributed by atoms with Crippen molar-refractivity contribution in [3.05, 3.63) is 28.4 Å². The Morgan fingerprint density at radius 3 is 2.39 bits per heavy atom. The van der Waals surface area contributed by atoms with Gasteiger partial charge in [-0.2, -0.15) is 0 Å². The average molecular weight is 262 g/mol. The second-order valence-electron chi connectivity index (χ2n) is 5.04. The van der Waals surface area contributed by atoms with E-state index in [1.165, 1.54) is 11.3 Å². The van der Waals surface area contributed by atoms with Crippen LogP contribution in [0.1, 0.15) is 46.6 Å². The lowest BCUT2D eigenvalue weighted by atomic mass is 9.91. The summed E-state index contributed by atoms with van der Waals surface area (Å²) >= 11 is 1.34. The van der Waals surface area contributed by atoms with E-state index in [0.29, 0.717) is 10.6 Å². The summed E-state index contributed by atoms with van der Waals surface area (Å²) in [6, 6.07) is 3.49. The molecule has 0 bridgehead atoms. The number of hydrogen-bond donors (Lipinski definition) is 1. The molecule has 2 aromatic heterocycles. The number of carbonyl (C=O) groups excluding carboxylic acids is 2. The zero-order valence-corrected chi connectivity index (χ0v) is 11.3. The fraction of sp³-hybridized carbons (Fsp3) is 0.308. The highest BCUT2D eigenvalue weighted by Gasteiger charge is 2.23. The van der Waals surface area contributed by atoms with E-state index in [4.69, 9.17) is 0 Å². The molecule has 0 aliphatic rings. The van der Waals surface area contributed by atoms with Crippen molar-refractivity contribution in [2.45, 2.75) is 26.2 Å². The predicted molar refractivity (Wildman–Crippen MR) is 71.4 cm³/mol. The van der Waals surface area contributed by atoms with Crippen molar-refractivity contribution in [1.82, 2.24) is 9.97 Å². The van der Waals surface area contributed by atoms with Crippen LogP contribution in [0.2, 0.25) is 0 Å². The standard InChI is InChI=1S/C13H14N2O2S/c1-13(2,3)11-10(7-17)18-12(15-11)9-5-4-8(6-16)14-9/h4-7,14H,1-3H3. The fourth-order valence-corrected chi connectivity index (χ4v) is 2.74. The summed E-state index contributed by atoms with van der Waals surface area (Å²) in [5.74, 6) is 0. The molecule has 0 unspecified atom stereocenters. The summed E-state index contributed by atoms with van der Waals surface area (Å²) in [7, 11) is 0. The van der Waals surface area contributed by atoms with E-state index >= 15 is 0 Å². The summed E-state index contributed by atoms with van der Waals surface area (Å²) in [6.07, 6.45) is 1.59. The fourth-order valence-electron chi connectivity index (χ4n) is 1.67. The lowest BCUT2D eigenvalue weighted by molar-refractivity contribution is 0.111. The van der Waals surface area contributed by atoms with Gasteiger partial charge in [0, 0.05) is 5.41 Å². The van der Waals surface area contributed by atoms with Gasteiger partial charge < -0.3 is 4.98 Å². The Morgan fingerprint density at radius 2 is 1.94 bits per heavy atom. The maximum atomic E-state index is 11.1. The molecular formula is C13H14N2O2S. The Bertz CT molecular complexity index is 590. The Labute approximate surface area is 109 Å². The maximum Gasteiger partial charge on any atom is 0.166 e. The van der Waals surface area contributed by atoms with Gasteiger partial charge in [-0.1, -0.05) is 20.8 Å². The second kappa shape index (κ2) is 4.49. The topological polar surface area (TPSA) is 62.8 Å². The highest BCUT2D eigenvalue weighted by Crippen LogP contribution is 2.32.